The number of amides is 1. The second-order valence-corrected chi connectivity index (χ2v) is 7.58. The Bertz CT molecular complexity index is 675. The molecule has 0 radical (unpaired) electrons. The minimum Gasteiger partial charge on any atom is -0.374 e. The van der Waals surface area contributed by atoms with Crippen molar-refractivity contribution in [1.82, 2.24) is 10.2 Å². The molecule has 1 fully saturated rings. The summed E-state index contributed by atoms with van der Waals surface area (Å²) in [6.07, 6.45) is 1.93. The summed E-state index contributed by atoms with van der Waals surface area (Å²) in [6, 6.07) is 7.76. The first-order valence-corrected chi connectivity index (χ1v) is 9.12. The Kier molecular flexibility index (Phi) is 6.64. The molecule has 2 atom stereocenters. The van der Waals surface area contributed by atoms with Crippen LogP contribution in [0, 0.1) is 5.41 Å². The number of halogens is 1. The van der Waals surface area contributed by atoms with Gasteiger partial charge in [-0.3, -0.25) is 9.59 Å². The largest absolute Gasteiger partial charge is 0.374 e. The number of likely N-dealkylation sites (tertiary alicyclic amines) is 1. The fraction of sp³-hybridized carbons (Fsp3) is 0.526. The SMILES string of the molecule is CN/C(C[C@@]1(C)CCC(c2ccc(Cl)cc2)N(C(C)C)C1=O)=N\OC=O. The van der Waals surface area contributed by atoms with Crippen molar-refractivity contribution in [2.75, 3.05) is 7.05 Å². The van der Waals surface area contributed by atoms with Crippen LogP contribution in [0.25, 0.3) is 0 Å². The van der Waals surface area contributed by atoms with Crippen LogP contribution in [0.3, 0.4) is 0 Å². The predicted octanol–water partition coefficient (Wildman–Crippen LogP) is 3.51. The summed E-state index contributed by atoms with van der Waals surface area (Å²) in [6.45, 7) is 6.25. The van der Waals surface area contributed by atoms with Crippen molar-refractivity contribution < 1.29 is 14.4 Å². The molecule has 1 amide bonds. The van der Waals surface area contributed by atoms with Gasteiger partial charge in [-0.1, -0.05) is 35.8 Å². The Balaban J connectivity index is 2.28. The molecule has 6 nitrogen and oxygen atoms in total. The van der Waals surface area contributed by atoms with Crippen molar-refractivity contribution in [3.63, 3.8) is 0 Å². The summed E-state index contributed by atoms with van der Waals surface area (Å²) < 4.78 is 0. The van der Waals surface area contributed by atoms with Crippen LogP contribution in [-0.2, 0) is 14.4 Å². The van der Waals surface area contributed by atoms with Gasteiger partial charge in [0, 0.05) is 24.5 Å². The first-order valence-electron chi connectivity index (χ1n) is 8.74. The van der Waals surface area contributed by atoms with E-state index in [2.05, 4.69) is 15.3 Å². The molecular formula is C19H26ClN3O3. The Morgan fingerprint density at radius 3 is 2.65 bits per heavy atom. The number of carbonyl (C=O) groups excluding carboxylic acids is 2. The van der Waals surface area contributed by atoms with Gasteiger partial charge < -0.3 is 15.1 Å². The summed E-state index contributed by atoms with van der Waals surface area (Å²) in [7, 11) is 1.69. The number of amidine groups is 1. The van der Waals surface area contributed by atoms with Crippen molar-refractivity contribution in [3.05, 3.63) is 34.9 Å². The summed E-state index contributed by atoms with van der Waals surface area (Å²) in [5.41, 5.74) is 0.478. The highest BCUT2D eigenvalue weighted by atomic mass is 35.5. The fourth-order valence-electron chi connectivity index (χ4n) is 3.55. The molecule has 1 unspecified atom stereocenters. The quantitative estimate of drug-likeness (QED) is 0.270. The van der Waals surface area contributed by atoms with Gasteiger partial charge in [0.2, 0.25) is 5.91 Å². The van der Waals surface area contributed by atoms with Crippen molar-refractivity contribution in [1.29, 1.82) is 0 Å². The molecule has 0 spiro atoms. The fourth-order valence-corrected chi connectivity index (χ4v) is 3.67. The molecule has 1 heterocycles. The first kappa shape index (κ1) is 20.2. The summed E-state index contributed by atoms with van der Waals surface area (Å²) >= 11 is 6.00. The Morgan fingerprint density at radius 1 is 1.46 bits per heavy atom. The summed E-state index contributed by atoms with van der Waals surface area (Å²) in [4.78, 5) is 30.2. The number of hydrogen-bond acceptors (Lipinski definition) is 4. The van der Waals surface area contributed by atoms with Crippen molar-refractivity contribution in [2.24, 2.45) is 10.6 Å². The average molecular weight is 380 g/mol. The molecule has 2 rings (SSSR count). The van der Waals surface area contributed by atoms with Gasteiger partial charge in [-0.05, 0) is 44.4 Å². The van der Waals surface area contributed by atoms with Gasteiger partial charge in [0.1, 0.15) is 5.84 Å². The highest BCUT2D eigenvalue weighted by Crippen LogP contribution is 2.43. The number of hydrogen-bond donors (Lipinski definition) is 1. The number of nitrogens with one attached hydrogen (secondary N) is 1. The molecule has 1 saturated heterocycles. The second-order valence-electron chi connectivity index (χ2n) is 7.14. The van der Waals surface area contributed by atoms with E-state index in [0.29, 0.717) is 23.7 Å². The lowest BCUT2D eigenvalue weighted by atomic mass is 9.74. The molecule has 26 heavy (non-hydrogen) atoms. The van der Waals surface area contributed by atoms with E-state index in [0.717, 1.165) is 12.0 Å². The minimum atomic E-state index is -0.610. The van der Waals surface area contributed by atoms with Gasteiger partial charge in [-0.25, -0.2) is 0 Å². The van der Waals surface area contributed by atoms with Gasteiger partial charge in [0.15, 0.2) is 0 Å². The zero-order valence-corrected chi connectivity index (χ0v) is 16.4. The van der Waals surface area contributed by atoms with Gasteiger partial charge in [-0.15, -0.1) is 0 Å². The Labute approximate surface area is 159 Å². The topological polar surface area (TPSA) is 71.0 Å². The molecule has 1 N–H and O–H groups in total. The van der Waals surface area contributed by atoms with Crippen LogP contribution in [0.2, 0.25) is 5.02 Å². The maximum Gasteiger partial charge on any atom is 0.323 e. The number of piperidine rings is 1. The number of nitrogens with zero attached hydrogens (tertiary/aromatic N) is 2. The van der Waals surface area contributed by atoms with E-state index in [4.69, 9.17) is 11.6 Å². The highest BCUT2D eigenvalue weighted by molar-refractivity contribution is 6.30. The maximum atomic E-state index is 13.4. The van der Waals surface area contributed by atoms with Crippen LogP contribution < -0.4 is 5.32 Å². The highest BCUT2D eigenvalue weighted by Gasteiger charge is 2.45. The molecule has 1 aliphatic rings. The average Bonchev–Trinajstić information content (AvgIpc) is 2.61. The molecular weight excluding hydrogens is 354 g/mol. The molecule has 1 aromatic rings. The van der Waals surface area contributed by atoms with Crippen LogP contribution in [0.15, 0.2) is 29.4 Å². The molecule has 1 aromatic carbocycles. The molecule has 0 aromatic heterocycles. The number of oxime groups is 1. The molecule has 0 aliphatic carbocycles. The third-order valence-electron chi connectivity index (χ3n) is 4.92. The van der Waals surface area contributed by atoms with E-state index in [9.17, 15) is 9.59 Å². The van der Waals surface area contributed by atoms with E-state index in [1.807, 2.05) is 49.9 Å². The van der Waals surface area contributed by atoms with E-state index < -0.39 is 5.41 Å². The summed E-state index contributed by atoms with van der Waals surface area (Å²) in [5, 5.41) is 7.33. The third kappa shape index (κ3) is 4.36. The lowest BCUT2D eigenvalue weighted by Gasteiger charge is -2.47. The Hall–Kier alpha value is -2.08. The minimum absolute atomic E-state index is 0.0223. The van der Waals surface area contributed by atoms with Gasteiger partial charge in [0.25, 0.3) is 0 Å². The van der Waals surface area contributed by atoms with Crippen LogP contribution in [0.1, 0.15) is 51.6 Å². The van der Waals surface area contributed by atoms with Crippen molar-refractivity contribution in [2.45, 2.75) is 52.1 Å². The maximum absolute atomic E-state index is 13.4. The number of carbonyl (C=O) groups is 2. The molecule has 0 saturated carbocycles. The lowest BCUT2D eigenvalue weighted by Crippen LogP contribution is -2.52. The van der Waals surface area contributed by atoms with Crippen LogP contribution in [0.5, 0.6) is 0 Å². The van der Waals surface area contributed by atoms with Crippen LogP contribution in [0.4, 0.5) is 0 Å². The smallest absolute Gasteiger partial charge is 0.323 e. The van der Waals surface area contributed by atoms with Gasteiger partial charge >= 0.3 is 6.47 Å². The first-order chi connectivity index (χ1) is 12.3. The monoisotopic (exact) mass is 379 g/mol. The van der Waals surface area contributed by atoms with E-state index in [-0.39, 0.29) is 24.5 Å². The molecule has 142 valence electrons. The predicted molar refractivity (Wildman–Crippen MR) is 102 cm³/mol. The Morgan fingerprint density at radius 2 is 2.12 bits per heavy atom. The zero-order valence-electron chi connectivity index (χ0n) is 15.7. The van der Waals surface area contributed by atoms with Gasteiger partial charge in [0.05, 0.1) is 11.5 Å². The molecule has 0 bridgehead atoms. The molecule has 7 heteroatoms. The van der Waals surface area contributed by atoms with E-state index >= 15 is 0 Å². The third-order valence-corrected chi connectivity index (χ3v) is 5.17. The zero-order chi connectivity index (χ0) is 19.3. The van der Waals surface area contributed by atoms with E-state index in [1.54, 1.807) is 7.05 Å². The standard InChI is InChI=1S/C19H26ClN3O3/c1-13(2)23-16(14-5-7-15(20)8-6-14)9-10-19(3,18(23)25)11-17(21-4)22-26-12-24/h5-8,12-13,16H,9-11H2,1-4H3,(H,21,22)/t16?,19-/m1/s1. The van der Waals surface area contributed by atoms with Crippen molar-refractivity contribution in [3.8, 4) is 0 Å². The molecule has 1 aliphatic heterocycles. The van der Waals surface area contributed by atoms with Gasteiger partial charge in [-0.2, -0.15) is 0 Å². The summed E-state index contributed by atoms with van der Waals surface area (Å²) in [5.74, 6) is 0.550. The normalized spacial score (nSPS) is 23.9. The number of rotatable bonds is 6. The van der Waals surface area contributed by atoms with Crippen LogP contribution >= 0.6 is 11.6 Å². The van der Waals surface area contributed by atoms with Crippen LogP contribution in [-0.4, -0.2) is 36.2 Å². The van der Waals surface area contributed by atoms with E-state index in [1.165, 1.54) is 0 Å². The van der Waals surface area contributed by atoms with Crippen molar-refractivity contribution >= 4 is 29.8 Å². The second kappa shape index (κ2) is 8.54. The lowest BCUT2D eigenvalue weighted by molar-refractivity contribution is -0.151. The number of benzene rings is 1.